The van der Waals surface area contributed by atoms with Crippen LogP contribution in [-0.4, -0.2) is 58.0 Å². The number of carbonyl (C=O) groups is 2. The van der Waals surface area contributed by atoms with Gasteiger partial charge in [0.1, 0.15) is 10.4 Å². The van der Waals surface area contributed by atoms with Crippen molar-refractivity contribution in [1.82, 2.24) is 4.90 Å². The van der Waals surface area contributed by atoms with E-state index in [4.69, 9.17) is 21.7 Å². The third-order valence-corrected chi connectivity index (χ3v) is 5.78. The van der Waals surface area contributed by atoms with E-state index in [0.717, 1.165) is 17.3 Å². The number of carbonyl (C=O) groups excluding carboxylic acids is 1. The largest absolute Gasteiger partial charge is 0.493 e. The van der Waals surface area contributed by atoms with Crippen LogP contribution >= 0.6 is 35.7 Å². The van der Waals surface area contributed by atoms with E-state index < -0.39 is 12.0 Å². The lowest BCUT2D eigenvalue weighted by molar-refractivity contribution is -0.145. The Hall–Kier alpha value is -1.71. The quantitative estimate of drug-likeness (QED) is 0.474. The lowest BCUT2D eigenvalue weighted by atomic mass is 10.1. The molecule has 1 amide bonds. The Morgan fingerprint density at radius 1 is 1.44 bits per heavy atom. The number of hydrogen-bond acceptors (Lipinski definition) is 7. The Kier molecular flexibility index (Phi) is 8.00. The standard InChI is InChI=1S/C18H21NO5S3/c1-4-24-13-6-5-11(9-14(13)23-2)10-15-16(20)19(18(25)27-15)12(17(21)22)7-8-26-3/h5-6,9-10,12H,4,7-8H2,1-3H3,(H,21,22)/b15-10-/t12-/m1/s1. The van der Waals surface area contributed by atoms with Crippen LogP contribution < -0.4 is 9.47 Å². The summed E-state index contributed by atoms with van der Waals surface area (Å²) in [5, 5.41) is 9.50. The number of methoxy groups -OCH3 is 1. The molecule has 1 aromatic carbocycles. The first-order chi connectivity index (χ1) is 12.9. The van der Waals surface area contributed by atoms with Gasteiger partial charge in [-0.05, 0) is 49.1 Å². The van der Waals surface area contributed by atoms with Crippen molar-refractivity contribution in [3.63, 3.8) is 0 Å². The molecule has 1 atom stereocenters. The molecule has 9 heteroatoms. The Bertz CT molecular complexity index is 765. The van der Waals surface area contributed by atoms with Crippen molar-refractivity contribution in [2.75, 3.05) is 25.7 Å². The van der Waals surface area contributed by atoms with E-state index in [-0.39, 0.29) is 10.2 Å². The Balaban J connectivity index is 2.28. The van der Waals surface area contributed by atoms with Gasteiger partial charge in [0.2, 0.25) is 0 Å². The van der Waals surface area contributed by atoms with Gasteiger partial charge in [-0.2, -0.15) is 11.8 Å². The number of carboxylic acid groups (broad SMARTS) is 1. The van der Waals surface area contributed by atoms with Crippen LogP contribution in [0.15, 0.2) is 23.1 Å². The molecule has 1 fully saturated rings. The maximum atomic E-state index is 12.8. The van der Waals surface area contributed by atoms with Crippen molar-refractivity contribution in [2.24, 2.45) is 0 Å². The third kappa shape index (κ3) is 5.18. The molecule has 0 bridgehead atoms. The van der Waals surface area contributed by atoms with Crippen molar-refractivity contribution >= 4 is 58.0 Å². The number of nitrogens with zero attached hydrogens (tertiary/aromatic N) is 1. The summed E-state index contributed by atoms with van der Waals surface area (Å²) in [4.78, 5) is 26.0. The highest BCUT2D eigenvalue weighted by Gasteiger charge is 2.40. The minimum atomic E-state index is -1.05. The minimum Gasteiger partial charge on any atom is -0.493 e. The fourth-order valence-electron chi connectivity index (χ4n) is 2.54. The zero-order valence-corrected chi connectivity index (χ0v) is 17.7. The Morgan fingerprint density at radius 2 is 2.19 bits per heavy atom. The summed E-state index contributed by atoms with van der Waals surface area (Å²) in [6.07, 6.45) is 3.92. The van der Waals surface area contributed by atoms with Crippen molar-refractivity contribution in [2.45, 2.75) is 19.4 Å². The molecule has 1 N–H and O–H groups in total. The summed E-state index contributed by atoms with van der Waals surface area (Å²) in [6.45, 7) is 2.40. The molecule has 146 valence electrons. The molecule has 2 rings (SSSR count). The van der Waals surface area contributed by atoms with Gasteiger partial charge < -0.3 is 14.6 Å². The molecule has 27 heavy (non-hydrogen) atoms. The van der Waals surface area contributed by atoms with Crippen LogP contribution in [0.5, 0.6) is 11.5 Å². The Morgan fingerprint density at radius 3 is 2.78 bits per heavy atom. The monoisotopic (exact) mass is 427 g/mol. The van der Waals surface area contributed by atoms with Gasteiger partial charge in [0, 0.05) is 0 Å². The fourth-order valence-corrected chi connectivity index (χ4v) is 4.36. The predicted molar refractivity (Wildman–Crippen MR) is 114 cm³/mol. The molecule has 6 nitrogen and oxygen atoms in total. The number of ether oxygens (including phenoxy) is 2. The molecule has 1 aliphatic heterocycles. The van der Waals surface area contributed by atoms with Crippen LogP contribution in [0.3, 0.4) is 0 Å². The van der Waals surface area contributed by atoms with Gasteiger partial charge in [-0.25, -0.2) is 4.79 Å². The van der Waals surface area contributed by atoms with Crippen molar-refractivity contribution < 1.29 is 24.2 Å². The SMILES string of the molecule is CCOc1ccc(/C=C2\SC(=S)N([C@H](CCSC)C(=O)O)C2=O)cc1OC. The van der Waals surface area contributed by atoms with Crippen molar-refractivity contribution in [3.05, 3.63) is 28.7 Å². The average molecular weight is 428 g/mol. The van der Waals surface area contributed by atoms with Crippen LogP contribution in [0.1, 0.15) is 18.9 Å². The maximum Gasteiger partial charge on any atom is 0.326 e. The van der Waals surface area contributed by atoms with E-state index in [1.807, 2.05) is 19.2 Å². The minimum absolute atomic E-state index is 0.262. The van der Waals surface area contributed by atoms with Crippen molar-refractivity contribution in [1.29, 1.82) is 0 Å². The molecule has 0 saturated carbocycles. The number of hydrogen-bond donors (Lipinski definition) is 1. The van der Waals surface area contributed by atoms with E-state index in [0.29, 0.717) is 35.2 Å². The molecular weight excluding hydrogens is 406 g/mol. The molecule has 1 aliphatic rings. The number of thiocarbonyl (C=S) groups is 1. The van der Waals surface area contributed by atoms with Crippen molar-refractivity contribution in [3.8, 4) is 11.5 Å². The van der Waals surface area contributed by atoms with Gasteiger partial charge >= 0.3 is 5.97 Å². The summed E-state index contributed by atoms with van der Waals surface area (Å²) >= 11 is 7.91. The van der Waals surface area contributed by atoms with E-state index in [2.05, 4.69) is 0 Å². The number of thioether (sulfide) groups is 2. The first-order valence-electron chi connectivity index (χ1n) is 8.22. The highest BCUT2D eigenvalue weighted by atomic mass is 32.2. The number of benzene rings is 1. The molecule has 0 unspecified atom stereocenters. The summed E-state index contributed by atoms with van der Waals surface area (Å²) in [5.74, 6) is 0.372. The van der Waals surface area contributed by atoms with Gasteiger partial charge in [-0.15, -0.1) is 0 Å². The summed E-state index contributed by atoms with van der Waals surface area (Å²) < 4.78 is 11.1. The molecular formula is C18H21NO5S3. The first-order valence-corrected chi connectivity index (χ1v) is 10.8. The molecule has 1 aromatic rings. The number of amides is 1. The van der Waals surface area contributed by atoms with Crippen LogP contribution in [0, 0.1) is 0 Å². The lowest BCUT2D eigenvalue weighted by Gasteiger charge is -2.22. The normalized spacial score (nSPS) is 16.7. The van der Waals surface area contributed by atoms with E-state index in [1.54, 1.807) is 25.3 Å². The second-order valence-electron chi connectivity index (χ2n) is 5.53. The summed E-state index contributed by atoms with van der Waals surface area (Å²) in [6, 6.07) is 4.39. The second kappa shape index (κ2) is 10.0. The zero-order chi connectivity index (χ0) is 20.0. The number of rotatable bonds is 9. The highest BCUT2D eigenvalue weighted by molar-refractivity contribution is 8.26. The van der Waals surface area contributed by atoms with E-state index >= 15 is 0 Å². The second-order valence-corrected chi connectivity index (χ2v) is 8.19. The Labute approximate surface area is 172 Å². The van der Waals surface area contributed by atoms with Crippen LogP contribution in [0.2, 0.25) is 0 Å². The van der Waals surface area contributed by atoms with Gasteiger partial charge in [0.15, 0.2) is 11.5 Å². The molecule has 0 radical (unpaired) electrons. The first kappa shape index (κ1) is 21.6. The van der Waals surface area contributed by atoms with Gasteiger partial charge in [-0.1, -0.05) is 30.0 Å². The molecule has 1 heterocycles. The van der Waals surface area contributed by atoms with Gasteiger partial charge in [-0.3, -0.25) is 9.69 Å². The number of carboxylic acids is 1. The average Bonchev–Trinajstić information content (AvgIpc) is 2.91. The molecule has 0 spiro atoms. The van der Waals surface area contributed by atoms with Gasteiger partial charge in [0.05, 0.1) is 18.6 Å². The summed E-state index contributed by atoms with van der Waals surface area (Å²) in [5.41, 5.74) is 0.742. The zero-order valence-electron chi connectivity index (χ0n) is 15.3. The summed E-state index contributed by atoms with van der Waals surface area (Å²) in [7, 11) is 1.55. The van der Waals surface area contributed by atoms with Crippen LogP contribution in [-0.2, 0) is 9.59 Å². The lowest BCUT2D eigenvalue weighted by Crippen LogP contribution is -2.44. The fraction of sp³-hybridized carbons (Fsp3) is 0.389. The smallest absolute Gasteiger partial charge is 0.326 e. The number of aliphatic carboxylic acids is 1. The molecule has 0 aliphatic carbocycles. The van der Waals surface area contributed by atoms with E-state index in [1.165, 1.54) is 16.7 Å². The maximum absolute atomic E-state index is 12.8. The third-order valence-electron chi connectivity index (χ3n) is 3.80. The topological polar surface area (TPSA) is 76.1 Å². The van der Waals surface area contributed by atoms with Gasteiger partial charge in [0.25, 0.3) is 5.91 Å². The molecule has 0 aromatic heterocycles. The highest BCUT2D eigenvalue weighted by Crippen LogP contribution is 2.36. The molecule has 1 saturated heterocycles. The predicted octanol–water partition coefficient (Wildman–Crippen LogP) is 3.50. The van der Waals surface area contributed by atoms with Crippen LogP contribution in [0.25, 0.3) is 6.08 Å². The van der Waals surface area contributed by atoms with Crippen LogP contribution in [0.4, 0.5) is 0 Å². The van der Waals surface area contributed by atoms with E-state index in [9.17, 15) is 14.7 Å².